The molecule has 0 unspecified atom stereocenters. The fourth-order valence-electron chi connectivity index (χ4n) is 4.29. The molecule has 5 aromatic rings. The van der Waals surface area contributed by atoms with Gasteiger partial charge in [0.1, 0.15) is 12.4 Å². The summed E-state index contributed by atoms with van der Waals surface area (Å²) in [4.78, 5) is 16.5. The first-order valence-corrected chi connectivity index (χ1v) is 12.0. The van der Waals surface area contributed by atoms with E-state index in [0.29, 0.717) is 23.6 Å². The second kappa shape index (κ2) is 10.7. The first-order chi connectivity index (χ1) is 17.6. The lowest BCUT2D eigenvalue weighted by Gasteiger charge is -2.11. The normalized spacial score (nSPS) is 10.9. The maximum Gasteiger partial charge on any atom is 0.338 e. The van der Waals surface area contributed by atoms with Crippen molar-refractivity contribution >= 4 is 28.5 Å². The van der Waals surface area contributed by atoms with E-state index in [-0.39, 0.29) is 5.97 Å². The van der Waals surface area contributed by atoms with E-state index in [1.54, 1.807) is 18.3 Å². The highest BCUT2D eigenvalue weighted by molar-refractivity contribution is 6.31. The molecule has 0 radical (unpaired) electrons. The first-order valence-electron chi connectivity index (χ1n) is 11.7. The minimum absolute atomic E-state index is 0.383. The highest BCUT2D eigenvalue weighted by Crippen LogP contribution is 2.24. The molecule has 0 atom stereocenters. The number of methoxy groups -OCH3 is 1. The molecule has 0 saturated carbocycles. The lowest BCUT2D eigenvalue weighted by molar-refractivity contribution is 0.0599. The third kappa shape index (κ3) is 5.42. The van der Waals surface area contributed by atoms with E-state index in [9.17, 15) is 4.79 Å². The van der Waals surface area contributed by atoms with Gasteiger partial charge in [-0.15, -0.1) is 0 Å². The summed E-state index contributed by atoms with van der Waals surface area (Å²) in [5.74, 6) is 0.437. The minimum Gasteiger partial charge on any atom is -0.487 e. The van der Waals surface area contributed by atoms with Gasteiger partial charge >= 0.3 is 5.97 Å². The SMILES string of the molecule is COC(=O)c1cc(Cl)ccc1Cc1ccc2c(ccn2Cc2cccc(OCc3ccccn3)c2)c1. The molecule has 180 valence electrons. The van der Waals surface area contributed by atoms with Crippen LogP contribution in [-0.4, -0.2) is 22.6 Å². The molecule has 5 nitrogen and oxygen atoms in total. The van der Waals surface area contributed by atoms with Crippen LogP contribution in [0.3, 0.4) is 0 Å². The number of carbonyl (C=O) groups is 1. The Morgan fingerprint density at radius 2 is 1.86 bits per heavy atom. The van der Waals surface area contributed by atoms with Gasteiger partial charge in [0.05, 0.1) is 18.4 Å². The van der Waals surface area contributed by atoms with Crippen molar-refractivity contribution in [2.45, 2.75) is 19.6 Å². The second-order valence-electron chi connectivity index (χ2n) is 8.56. The molecule has 3 aromatic carbocycles. The quantitative estimate of drug-likeness (QED) is 0.224. The molecule has 0 aliphatic heterocycles. The molecule has 6 heteroatoms. The summed E-state index contributed by atoms with van der Waals surface area (Å²) in [6.07, 6.45) is 4.47. The van der Waals surface area contributed by atoms with Crippen LogP contribution in [0.2, 0.25) is 5.02 Å². The molecule has 2 aromatic heterocycles. The number of rotatable bonds is 8. The Kier molecular flexibility index (Phi) is 7.01. The van der Waals surface area contributed by atoms with E-state index in [1.165, 1.54) is 7.11 Å². The number of ether oxygens (including phenoxy) is 2. The summed E-state index contributed by atoms with van der Waals surface area (Å²) < 4.78 is 13.1. The van der Waals surface area contributed by atoms with Gasteiger partial charge in [-0.1, -0.05) is 41.9 Å². The smallest absolute Gasteiger partial charge is 0.338 e. The zero-order valence-corrected chi connectivity index (χ0v) is 20.6. The number of halogens is 1. The second-order valence-corrected chi connectivity index (χ2v) is 9.00. The fraction of sp³-hybridized carbons (Fsp3) is 0.133. The van der Waals surface area contributed by atoms with Gasteiger partial charge in [0.15, 0.2) is 0 Å². The Hall–Kier alpha value is -4.09. The predicted molar refractivity (Wildman–Crippen MR) is 142 cm³/mol. The van der Waals surface area contributed by atoms with Crippen molar-refractivity contribution in [3.63, 3.8) is 0 Å². The average molecular weight is 497 g/mol. The third-order valence-corrected chi connectivity index (χ3v) is 6.31. The summed E-state index contributed by atoms with van der Waals surface area (Å²) in [6, 6.07) is 27.8. The van der Waals surface area contributed by atoms with Crippen molar-refractivity contribution in [2.24, 2.45) is 0 Å². The monoisotopic (exact) mass is 496 g/mol. The molecule has 2 heterocycles. The Bertz CT molecular complexity index is 1510. The first kappa shape index (κ1) is 23.6. The van der Waals surface area contributed by atoms with E-state index in [1.807, 2.05) is 36.4 Å². The fourth-order valence-corrected chi connectivity index (χ4v) is 4.46. The Morgan fingerprint density at radius 1 is 0.944 bits per heavy atom. The van der Waals surface area contributed by atoms with Crippen LogP contribution < -0.4 is 4.74 Å². The standard InChI is InChI=1S/C30H25ClN2O3/c1-35-30(34)28-18-25(31)10-9-23(28)15-21-8-11-29-24(16-21)12-14-33(29)19-22-5-4-7-27(17-22)36-20-26-6-2-3-13-32-26/h2-14,16-18H,15,19-20H2,1H3. The van der Waals surface area contributed by atoms with Gasteiger partial charge in [-0.05, 0) is 83.1 Å². The van der Waals surface area contributed by atoms with E-state index >= 15 is 0 Å². The zero-order chi connectivity index (χ0) is 24.9. The molecule has 0 bridgehead atoms. The van der Waals surface area contributed by atoms with Gasteiger partial charge in [-0.25, -0.2) is 4.79 Å². The van der Waals surface area contributed by atoms with Gasteiger partial charge in [0, 0.05) is 29.5 Å². The minimum atomic E-state index is -0.383. The van der Waals surface area contributed by atoms with Gasteiger partial charge in [0.25, 0.3) is 0 Å². The summed E-state index contributed by atoms with van der Waals surface area (Å²) in [7, 11) is 1.38. The van der Waals surface area contributed by atoms with Crippen molar-refractivity contribution < 1.29 is 14.3 Å². The Labute approximate surface area is 214 Å². The average Bonchev–Trinajstić information content (AvgIpc) is 3.30. The number of hydrogen-bond acceptors (Lipinski definition) is 4. The molecule has 0 amide bonds. The number of hydrogen-bond donors (Lipinski definition) is 0. The highest BCUT2D eigenvalue weighted by atomic mass is 35.5. The molecule has 0 spiro atoms. The molecule has 0 saturated heterocycles. The maximum atomic E-state index is 12.2. The molecule has 0 N–H and O–H groups in total. The zero-order valence-electron chi connectivity index (χ0n) is 19.9. The number of nitrogens with zero attached hydrogens (tertiary/aromatic N) is 2. The van der Waals surface area contributed by atoms with Crippen LogP contribution >= 0.6 is 11.6 Å². The van der Waals surface area contributed by atoms with Crippen molar-refractivity contribution in [3.05, 3.63) is 130 Å². The topological polar surface area (TPSA) is 53.4 Å². The van der Waals surface area contributed by atoms with E-state index in [4.69, 9.17) is 21.1 Å². The number of fused-ring (bicyclic) bond motifs is 1. The van der Waals surface area contributed by atoms with E-state index in [0.717, 1.165) is 45.6 Å². The van der Waals surface area contributed by atoms with Gasteiger partial charge < -0.3 is 14.0 Å². The number of aromatic nitrogens is 2. The summed E-state index contributed by atoms with van der Waals surface area (Å²) in [6.45, 7) is 1.16. The summed E-state index contributed by atoms with van der Waals surface area (Å²) >= 11 is 6.10. The third-order valence-electron chi connectivity index (χ3n) is 6.07. The number of esters is 1. The summed E-state index contributed by atoms with van der Waals surface area (Å²) in [5, 5.41) is 1.65. The van der Waals surface area contributed by atoms with Crippen LogP contribution in [-0.2, 0) is 24.3 Å². The van der Waals surface area contributed by atoms with Crippen molar-refractivity contribution in [2.75, 3.05) is 7.11 Å². The van der Waals surface area contributed by atoms with Crippen molar-refractivity contribution in [1.29, 1.82) is 0 Å². The number of carbonyl (C=O) groups excluding carboxylic acids is 1. The molecule has 0 fully saturated rings. The van der Waals surface area contributed by atoms with Crippen LogP contribution in [0.15, 0.2) is 97.3 Å². The van der Waals surface area contributed by atoms with Crippen molar-refractivity contribution in [1.82, 2.24) is 9.55 Å². The van der Waals surface area contributed by atoms with E-state index < -0.39 is 0 Å². The summed E-state index contributed by atoms with van der Waals surface area (Å²) in [5.41, 5.74) is 5.67. The van der Waals surface area contributed by atoms with E-state index in [2.05, 4.69) is 52.1 Å². The van der Waals surface area contributed by atoms with Crippen LogP contribution in [0.4, 0.5) is 0 Å². The van der Waals surface area contributed by atoms with Crippen LogP contribution in [0.25, 0.3) is 10.9 Å². The molecule has 0 aliphatic carbocycles. The molecule has 0 aliphatic rings. The van der Waals surface area contributed by atoms with Gasteiger partial charge in [0.2, 0.25) is 0 Å². The van der Waals surface area contributed by atoms with Crippen molar-refractivity contribution in [3.8, 4) is 5.75 Å². The molecule has 36 heavy (non-hydrogen) atoms. The molecular formula is C30H25ClN2O3. The van der Waals surface area contributed by atoms with Gasteiger partial charge in [-0.2, -0.15) is 0 Å². The molecule has 5 rings (SSSR count). The predicted octanol–water partition coefficient (Wildman–Crippen LogP) is 6.69. The Balaban J connectivity index is 1.32. The number of benzene rings is 3. The van der Waals surface area contributed by atoms with Crippen LogP contribution in [0.5, 0.6) is 5.75 Å². The van der Waals surface area contributed by atoms with Crippen LogP contribution in [0.1, 0.15) is 32.7 Å². The Morgan fingerprint density at radius 3 is 2.69 bits per heavy atom. The number of pyridine rings is 1. The lowest BCUT2D eigenvalue weighted by atomic mass is 9.99. The van der Waals surface area contributed by atoms with Crippen LogP contribution in [0, 0.1) is 0 Å². The largest absolute Gasteiger partial charge is 0.487 e. The molecular weight excluding hydrogens is 472 g/mol. The van der Waals surface area contributed by atoms with Gasteiger partial charge in [-0.3, -0.25) is 4.98 Å². The highest BCUT2D eigenvalue weighted by Gasteiger charge is 2.13. The maximum absolute atomic E-state index is 12.2. The lowest BCUT2D eigenvalue weighted by Crippen LogP contribution is -2.06.